The summed E-state index contributed by atoms with van der Waals surface area (Å²) in [5, 5.41) is 0. The summed E-state index contributed by atoms with van der Waals surface area (Å²) in [7, 11) is -3.97. The third-order valence-electron chi connectivity index (χ3n) is 5.98. The largest absolute Gasteiger partial charge is 0.485 e. The van der Waals surface area contributed by atoms with E-state index in [4.69, 9.17) is 31.8 Å². The van der Waals surface area contributed by atoms with Crippen LogP contribution >= 0.6 is 34.4 Å². The summed E-state index contributed by atoms with van der Waals surface area (Å²) < 4.78 is 41.7. The maximum atomic E-state index is 6.73. The summed E-state index contributed by atoms with van der Waals surface area (Å²) in [6.07, 6.45) is 0. The van der Waals surface area contributed by atoms with E-state index in [0.29, 0.717) is 26.4 Å². The number of aromatic nitrogens is 2. The van der Waals surface area contributed by atoms with E-state index in [9.17, 15) is 0 Å². The minimum absolute atomic E-state index is 0.529. The van der Waals surface area contributed by atoms with Gasteiger partial charge in [-0.25, -0.2) is 0 Å². The van der Waals surface area contributed by atoms with E-state index in [1.54, 1.807) is 22.7 Å². The molecule has 0 saturated heterocycles. The first-order chi connectivity index (χ1) is 17.1. The van der Waals surface area contributed by atoms with Crippen molar-refractivity contribution >= 4 is 66.6 Å². The molecule has 6 rings (SSSR count). The number of benzene rings is 1. The predicted octanol–water partition coefficient (Wildman–Crippen LogP) is 6.26. The normalized spacial score (nSPS) is 15.5. The van der Waals surface area contributed by atoms with Gasteiger partial charge in [0.25, 0.3) is 0 Å². The van der Waals surface area contributed by atoms with Gasteiger partial charge in [0.2, 0.25) is 8.32 Å². The molecule has 0 aliphatic carbocycles. The van der Waals surface area contributed by atoms with Crippen LogP contribution in [0.3, 0.4) is 0 Å². The maximum Gasteiger partial charge on any atom is 0.221 e. The fourth-order valence-electron chi connectivity index (χ4n) is 4.84. The van der Waals surface area contributed by atoms with E-state index in [1.807, 2.05) is 0 Å². The quantitative estimate of drug-likeness (QED) is 0.260. The van der Waals surface area contributed by atoms with E-state index < -0.39 is 16.6 Å². The second kappa shape index (κ2) is 8.81. The van der Waals surface area contributed by atoms with Gasteiger partial charge in [-0.1, -0.05) is 12.1 Å². The van der Waals surface area contributed by atoms with E-state index in [2.05, 4.69) is 51.8 Å². The van der Waals surface area contributed by atoms with Gasteiger partial charge in [-0.3, -0.25) is 0 Å². The van der Waals surface area contributed by atoms with Gasteiger partial charge in [0.1, 0.15) is 37.5 Å². The van der Waals surface area contributed by atoms with Crippen LogP contribution in [0.5, 0.6) is 23.0 Å². The van der Waals surface area contributed by atoms with E-state index in [0.717, 1.165) is 59.8 Å². The summed E-state index contributed by atoms with van der Waals surface area (Å²) in [5.41, 5.74) is 3.76. The van der Waals surface area contributed by atoms with Crippen LogP contribution in [-0.2, 0) is 4.12 Å². The summed E-state index contributed by atoms with van der Waals surface area (Å²) in [5.74, 6) is 3.32. The molecular formula is C24H28N2O5S3Si2. The third-order valence-corrected chi connectivity index (χ3v) is 16.2. The zero-order valence-electron chi connectivity index (χ0n) is 21.1. The number of nitrogens with zero attached hydrogens (tertiary/aromatic N) is 2. The summed E-state index contributed by atoms with van der Waals surface area (Å²) in [4.78, 5) is 3.18. The van der Waals surface area contributed by atoms with Crippen LogP contribution in [-0.4, -0.2) is 51.8 Å². The van der Waals surface area contributed by atoms with Crippen molar-refractivity contribution in [2.45, 2.75) is 39.7 Å². The first-order valence-electron chi connectivity index (χ1n) is 11.9. The molecule has 0 N–H and O–H groups in total. The van der Waals surface area contributed by atoms with Crippen molar-refractivity contribution in [3.8, 4) is 43.9 Å². The van der Waals surface area contributed by atoms with Gasteiger partial charge in [0.05, 0.1) is 26.0 Å². The van der Waals surface area contributed by atoms with Crippen molar-refractivity contribution in [1.82, 2.24) is 8.75 Å². The molecule has 36 heavy (non-hydrogen) atoms. The Morgan fingerprint density at radius 2 is 1.22 bits per heavy atom. The average Bonchev–Trinajstić information content (AvgIpc) is 3.54. The van der Waals surface area contributed by atoms with E-state index in [-0.39, 0.29) is 0 Å². The van der Waals surface area contributed by atoms with Crippen LogP contribution in [0.2, 0.25) is 32.7 Å². The highest BCUT2D eigenvalue weighted by atomic mass is 32.1. The number of thiophene rings is 2. The third kappa shape index (κ3) is 4.07. The van der Waals surface area contributed by atoms with E-state index >= 15 is 0 Å². The Morgan fingerprint density at radius 1 is 0.722 bits per heavy atom. The first kappa shape index (κ1) is 24.4. The minimum Gasteiger partial charge on any atom is -0.485 e. The number of ether oxygens (including phenoxy) is 4. The zero-order valence-corrected chi connectivity index (χ0v) is 25.6. The number of fused-ring (bicyclic) bond motifs is 3. The molecule has 0 fully saturated rings. The molecule has 0 radical (unpaired) electrons. The molecule has 0 bridgehead atoms. The van der Waals surface area contributed by atoms with Crippen LogP contribution in [0.25, 0.3) is 31.9 Å². The Balaban J connectivity index is 1.51. The molecule has 3 aromatic heterocycles. The predicted molar refractivity (Wildman–Crippen MR) is 152 cm³/mol. The van der Waals surface area contributed by atoms with Crippen molar-refractivity contribution in [1.29, 1.82) is 0 Å². The molecule has 2 aliphatic heterocycles. The maximum absolute atomic E-state index is 6.73. The molecule has 190 valence electrons. The Kier molecular flexibility index (Phi) is 5.96. The van der Waals surface area contributed by atoms with Gasteiger partial charge < -0.3 is 23.1 Å². The lowest BCUT2D eigenvalue weighted by atomic mass is 10.0. The lowest BCUT2D eigenvalue weighted by Gasteiger charge is -2.31. The molecule has 5 heterocycles. The molecule has 2 aliphatic rings. The summed E-state index contributed by atoms with van der Waals surface area (Å²) in [6, 6.07) is 4.26. The van der Waals surface area contributed by atoms with Crippen LogP contribution in [0.1, 0.15) is 4.88 Å². The van der Waals surface area contributed by atoms with Gasteiger partial charge in [-0.15, -0.1) is 22.7 Å². The van der Waals surface area contributed by atoms with Gasteiger partial charge in [0.15, 0.2) is 31.3 Å². The Morgan fingerprint density at radius 3 is 1.81 bits per heavy atom. The highest BCUT2D eigenvalue weighted by Gasteiger charge is 2.40. The molecule has 1 aromatic carbocycles. The molecule has 12 heteroatoms. The summed E-state index contributed by atoms with van der Waals surface area (Å²) >= 11 is 4.63. The van der Waals surface area contributed by atoms with Crippen LogP contribution in [0.15, 0.2) is 12.1 Å². The second-order valence-electron chi connectivity index (χ2n) is 10.3. The van der Waals surface area contributed by atoms with Gasteiger partial charge >= 0.3 is 0 Å². The van der Waals surface area contributed by atoms with Crippen LogP contribution in [0.4, 0.5) is 0 Å². The van der Waals surface area contributed by atoms with Crippen molar-refractivity contribution in [3.63, 3.8) is 0 Å². The smallest absolute Gasteiger partial charge is 0.221 e. The highest BCUT2D eigenvalue weighted by molar-refractivity contribution is 7.29. The Bertz CT molecular complexity index is 1470. The molecule has 7 nitrogen and oxygen atoms in total. The molecular weight excluding hydrogens is 549 g/mol. The Hall–Kier alpha value is -1.97. The number of hydrogen-bond acceptors (Lipinski definition) is 10. The van der Waals surface area contributed by atoms with Crippen molar-refractivity contribution in [2.24, 2.45) is 0 Å². The van der Waals surface area contributed by atoms with Crippen molar-refractivity contribution in [2.75, 3.05) is 26.4 Å². The zero-order chi connectivity index (χ0) is 25.2. The fraction of sp³-hybridized carbons (Fsp3) is 0.417. The summed E-state index contributed by atoms with van der Waals surface area (Å²) in [6.45, 7) is 15.5. The number of hydrogen-bond donors (Lipinski definition) is 0. The van der Waals surface area contributed by atoms with Gasteiger partial charge in [-0.2, -0.15) is 8.75 Å². The van der Waals surface area contributed by atoms with Crippen molar-refractivity contribution in [3.05, 3.63) is 17.0 Å². The fourth-order valence-corrected chi connectivity index (χ4v) is 16.3. The second-order valence-corrected chi connectivity index (χ2v) is 22.0. The number of rotatable bonds is 5. The molecule has 0 unspecified atom stereocenters. The average molecular weight is 577 g/mol. The monoisotopic (exact) mass is 576 g/mol. The van der Waals surface area contributed by atoms with Gasteiger partial charge in [-0.05, 0) is 39.7 Å². The first-order valence-corrected chi connectivity index (χ1v) is 20.6. The van der Waals surface area contributed by atoms with Crippen LogP contribution < -0.4 is 23.4 Å². The lowest BCUT2D eigenvalue weighted by Crippen LogP contribution is -2.50. The lowest BCUT2D eigenvalue weighted by molar-refractivity contribution is 0.173. The standard InChI is InChI=1S/C24H28N2O5S3Si2/c1-13-18-19(28-10-9-27-18)22(32-13)14-7-8-15(17-16(14)25-34-26-17)23-20-21(30-12-11-29-20)24(33-23)36(5,6)31-35(2,3)4/h7-8H,9-12H2,1-6H3. The topological polar surface area (TPSA) is 71.9 Å². The highest BCUT2D eigenvalue weighted by Crippen LogP contribution is 2.52. The van der Waals surface area contributed by atoms with Crippen molar-refractivity contribution < 1.29 is 23.1 Å². The molecule has 0 saturated carbocycles. The Labute approximate surface area is 224 Å². The van der Waals surface area contributed by atoms with Crippen LogP contribution in [0, 0.1) is 6.92 Å². The van der Waals surface area contributed by atoms with E-state index in [1.165, 1.54) is 16.2 Å². The molecule has 0 atom stereocenters. The van der Waals surface area contributed by atoms with Gasteiger partial charge in [0, 0.05) is 16.0 Å². The molecule has 0 spiro atoms. The molecule has 0 amide bonds. The molecule has 4 aromatic rings. The SMILES string of the molecule is Cc1sc(-c2ccc(-c3sc([Si](C)(C)O[Si](C)(C)C)c4c3OCCO4)c3nsnc23)c2c1OCCO2. The minimum atomic E-state index is -2.22. The number of aryl methyl sites for hydroxylation is 1.